The van der Waals surface area contributed by atoms with Crippen LogP contribution in [0, 0.1) is 13.3 Å². The van der Waals surface area contributed by atoms with Gasteiger partial charge in [-0.1, -0.05) is 0 Å². The zero-order valence-electron chi connectivity index (χ0n) is 6.70. The van der Waals surface area contributed by atoms with Crippen molar-refractivity contribution in [2.45, 2.75) is 13.3 Å². The number of aryl methyl sites for hydroxylation is 1. The fraction of sp³-hybridized carbons (Fsp3) is 0.286. The van der Waals surface area contributed by atoms with Crippen LogP contribution in [0.1, 0.15) is 17.8 Å². The molecule has 0 aliphatic heterocycles. The average Bonchev–Trinajstić information content (AvgIpc) is 2.49. The molecular formula is C7H5F2N4. The minimum atomic E-state index is -2.58. The van der Waals surface area contributed by atoms with E-state index in [4.69, 9.17) is 0 Å². The fourth-order valence-corrected chi connectivity index (χ4v) is 1.07. The van der Waals surface area contributed by atoms with Crippen molar-refractivity contribution in [3.05, 3.63) is 23.8 Å². The number of hydrogen-bond acceptors (Lipinski definition) is 3. The van der Waals surface area contributed by atoms with E-state index >= 15 is 0 Å². The van der Waals surface area contributed by atoms with Crippen molar-refractivity contribution in [3.8, 4) is 0 Å². The van der Waals surface area contributed by atoms with Gasteiger partial charge < -0.3 is 0 Å². The first kappa shape index (κ1) is 8.03. The lowest BCUT2D eigenvalue weighted by Gasteiger charge is -2.02. The molecule has 2 aromatic rings. The summed E-state index contributed by atoms with van der Waals surface area (Å²) in [4.78, 5) is 7.51. The normalized spacial score (nSPS) is 11.4. The predicted octanol–water partition coefficient (Wildman–Crippen LogP) is 1.17. The summed E-state index contributed by atoms with van der Waals surface area (Å²) >= 11 is 0. The Morgan fingerprint density at radius 1 is 1.54 bits per heavy atom. The average molecular weight is 183 g/mol. The molecule has 0 spiro atoms. The molecule has 0 bridgehead atoms. The van der Waals surface area contributed by atoms with Gasteiger partial charge in [0.2, 0.25) is 6.33 Å². The summed E-state index contributed by atoms with van der Waals surface area (Å²) in [5, 5.41) is 3.52. The van der Waals surface area contributed by atoms with Crippen molar-refractivity contribution in [1.82, 2.24) is 19.6 Å². The van der Waals surface area contributed by atoms with Crippen LogP contribution in [-0.2, 0) is 0 Å². The highest BCUT2D eigenvalue weighted by atomic mass is 19.3. The largest absolute Gasteiger partial charge is 0.280 e. The first-order chi connectivity index (χ1) is 6.18. The topological polar surface area (TPSA) is 43.1 Å². The molecule has 0 aliphatic rings. The van der Waals surface area contributed by atoms with E-state index in [-0.39, 0.29) is 11.5 Å². The summed E-state index contributed by atoms with van der Waals surface area (Å²) in [5.41, 5.74) is 0.278. The van der Waals surface area contributed by atoms with Crippen LogP contribution in [-0.4, -0.2) is 19.6 Å². The molecule has 0 amide bonds. The molecule has 2 aromatic heterocycles. The number of alkyl halides is 2. The van der Waals surface area contributed by atoms with Gasteiger partial charge in [0.1, 0.15) is 5.69 Å². The van der Waals surface area contributed by atoms with E-state index in [0.29, 0.717) is 5.69 Å². The maximum Gasteiger partial charge on any atom is 0.280 e. The van der Waals surface area contributed by atoms with Crippen LogP contribution < -0.4 is 0 Å². The Morgan fingerprint density at radius 3 is 3.00 bits per heavy atom. The summed E-state index contributed by atoms with van der Waals surface area (Å²) in [6.07, 6.45) is -0.357. The van der Waals surface area contributed by atoms with E-state index in [0.717, 1.165) is 4.52 Å². The molecule has 6 heteroatoms. The van der Waals surface area contributed by atoms with Crippen molar-refractivity contribution in [3.63, 3.8) is 0 Å². The number of rotatable bonds is 1. The number of nitrogens with zero attached hydrogens (tertiary/aromatic N) is 4. The third-order valence-electron chi connectivity index (χ3n) is 1.59. The Bertz CT molecular complexity index is 437. The molecule has 13 heavy (non-hydrogen) atoms. The molecular weight excluding hydrogens is 178 g/mol. The van der Waals surface area contributed by atoms with Crippen LogP contribution in [0.4, 0.5) is 8.78 Å². The maximum atomic E-state index is 12.4. The van der Waals surface area contributed by atoms with Crippen LogP contribution in [0.15, 0.2) is 6.07 Å². The quantitative estimate of drug-likeness (QED) is 0.666. The monoisotopic (exact) mass is 183 g/mol. The number of halogens is 2. The highest BCUT2D eigenvalue weighted by molar-refractivity contribution is 5.29. The third kappa shape index (κ3) is 1.24. The summed E-state index contributed by atoms with van der Waals surface area (Å²) in [5.74, 6) is 0.148. The molecule has 0 aliphatic carbocycles. The molecule has 2 heterocycles. The first-order valence-corrected chi connectivity index (χ1v) is 3.57. The van der Waals surface area contributed by atoms with E-state index in [1.165, 1.54) is 6.07 Å². The van der Waals surface area contributed by atoms with Crippen molar-refractivity contribution in [2.75, 3.05) is 0 Å². The number of fused-ring (bicyclic) bond motifs is 1. The van der Waals surface area contributed by atoms with Crippen LogP contribution in [0.3, 0.4) is 0 Å². The molecule has 0 N–H and O–H groups in total. The van der Waals surface area contributed by atoms with Gasteiger partial charge in [0.05, 0.1) is 0 Å². The standard InChI is InChI=1S/C7H5F2N4/c1-4-2-5(6(8)9)13-7(12-4)10-3-11-13/h2,6H,1H3. The van der Waals surface area contributed by atoms with Crippen LogP contribution in [0.25, 0.3) is 5.78 Å². The van der Waals surface area contributed by atoms with Gasteiger partial charge >= 0.3 is 0 Å². The molecule has 0 saturated heterocycles. The maximum absolute atomic E-state index is 12.4. The smallest absolute Gasteiger partial charge is 0.216 e. The second-order valence-electron chi connectivity index (χ2n) is 2.55. The van der Waals surface area contributed by atoms with Gasteiger partial charge in [-0.3, -0.25) is 0 Å². The summed E-state index contributed by atoms with van der Waals surface area (Å²) in [7, 11) is 0. The van der Waals surface area contributed by atoms with Crippen LogP contribution >= 0.6 is 0 Å². The molecule has 2 rings (SSSR count). The molecule has 67 valence electrons. The highest BCUT2D eigenvalue weighted by Gasteiger charge is 2.14. The van der Waals surface area contributed by atoms with Gasteiger partial charge in [-0.2, -0.15) is 9.50 Å². The van der Waals surface area contributed by atoms with Gasteiger partial charge in [-0.25, -0.2) is 13.8 Å². The van der Waals surface area contributed by atoms with E-state index in [2.05, 4.69) is 21.4 Å². The molecule has 1 radical (unpaired) electrons. The SMILES string of the molecule is Cc1cc(C(F)F)n2n[c]nc2n1. The Morgan fingerprint density at radius 2 is 2.31 bits per heavy atom. The lowest BCUT2D eigenvalue weighted by molar-refractivity contribution is 0.143. The lowest BCUT2D eigenvalue weighted by Crippen LogP contribution is -2.02. The number of hydrogen-bond donors (Lipinski definition) is 0. The van der Waals surface area contributed by atoms with Gasteiger partial charge in [0.25, 0.3) is 12.2 Å². The minimum Gasteiger partial charge on any atom is -0.216 e. The summed E-state index contributed by atoms with van der Waals surface area (Å²) < 4.78 is 25.8. The number of aromatic nitrogens is 4. The third-order valence-corrected chi connectivity index (χ3v) is 1.59. The van der Waals surface area contributed by atoms with E-state index in [1.54, 1.807) is 6.92 Å². The molecule has 0 aromatic carbocycles. The Hall–Kier alpha value is -1.59. The second-order valence-corrected chi connectivity index (χ2v) is 2.55. The first-order valence-electron chi connectivity index (χ1n) is 3.57. The van der Waals surface area contributed by atoms with Crippen LogP contribution in [0.2, 0.25) is 0 Å². The summed E-state index contributed by atoms with van der Waals surface area (Å²) in [6, 6.07) is 1.28. The van der Waals surface area contributed by atoms with E-state index < -0.39 is 6.43 Å². The molecule has 0 fully saturated rings. The molecule has 4 nitrogen and oxygen atoms in total. The van der Waals surface area contributed by atoms with Gasteiger partial charge in [-0.15, -0.1) is 5.10 Å². The van der Waals surface area contributed by atoms with Crippen LogP contribution in [0.5, 0.6) is 0 Å². The van der Waals surface area contributed by atoms with Crippen molar-refractivity contribution in [1.29, 1.82) is 0 Å². The zero-order valence-corrected chi connectivity index (χ0v) is 6.70. The highest BCUT2D eigenvalue weighted by Crippen LogP contribution is 2.18. The zero-order chi connectivity index (χ0) is 9.42. The molecule has 0 unspecified atom stereocenters. The predicted molar refractivity (Wildman–Crippen MR) is 39.3 cm³/mol. The van der Waals surface area contributed by atoms with E-state index in [9.17, 15) is 8.78 Å². The van der Waals surface area contributed by atoms with Gasteiger partial charge in [-0.05, 0) is 13.0 Å². The Kier molecular flexibility index (Phi) is 1.68. The van der Waals surface area contributed by atoms with Crippen molar-refractivity contribution in [2.24, 2.45) is 0 Å². The van der Waals surface area contributed by atoms with Gasteiger partial charge in [0.15, 0.2) is 0 Å². The van der Waals surface area contributed by atoms with Crippen molar-refractivity contribution >= 4 is 5.78 Å². The second kappa shape index (κ2) is 2.72. The van der Waals surface area contributed by atoms with Gasteiger partial charge in [0, 0.05) is 5.69 Å². The summed E-state index contributed by atoms with van der Waals surface area (Å²) in [6.45, 7) is 1.63. The van der Waals surface area contributed by atoms with E-state index in [1.807, 2.05) is 0 Å². The minimum absolute atomic E-state index is 0.148. The Labute approximate surface area is 72.2 Å². The Balaban J connectivity index is 2.77. The molecule has 0 saturated carbocycles. The lowest BCUT2D eigenvalue weighted by atomic mass is 10.3. The fourth-order valence-electron chi connectivity index (χ4n) is 1.07. The molecule has 0 atom stereocenters. The van der Waals surface area contributed by atoms with Crippen molar-refractivity contribution < 1.29 is 8.78 Å².